The molecule has 7 heteroatoms. The predicted octanol–water partition coefficient (Wildman–Crippen LogP) is 0.267. The molecule has 2 rings (SSSR count). The van der Waals surface area contributed by atoms with Gasteiger partial charge < -0.3 is 19.9 Å². The highest BCUT2D eigenvalue weighted by molar-refractivity contribution is 5.86. The van der Waals surface area contributed by atoms with Crippen molar-refractivity contribution in [2.24, 2.45) is 0 Å². The summed E-state index contributed by atoms with van der Waals surface area (Å²) in [6.45, 7) is 4.32. The van der Waals surface area contributed by atoms with E-state index in [9.17, 15) is 9.59 Å². The van der Waals surface area contributed by atoms with Gasteiger partial charge in [0, 0.05) is 45.5 Å². The fraction of sp³-hybridized carbons (Fsp3) is 0.588. The van der Waals surface area contributed by atoms with Gasteiger partial charge in [-0.15, -0.1) is 0 Å². The number of ether oxygens (including phenoxy) is 1. The van der Waals surface area contributed by atoms with E-state index in [-0.39, 0.29) is 18.4 Å². The van der Waals surface area contributed by atoms with Crippen molar-refractivity contribution in [1.29, 1.82) is 0 Å². The number of hydrogen-bond donors (Lipinski definition) is 1. The Morgan fingerprint density at radius 3 is 2.96 bits per heavy atom. The smallest absolute Gasteiger partial charge is 0.253 e. The maximum Gasteiger partial charge on any atom is 0.253 e. The molecule has 0 radical (unpaired) electrons. The largest absolute Gasteiger partial charge is 0.362 e. The molecule has 2 heterocycles. The number of nitrogens with one attached hydrogen (secondary N) is 1. The number of aromatic nitrogens is 1. The maximum atomic E-state index is 12.5. The van der Waals surface area contributed by atoms with Gasteiger partial charge in [-0.1, -0.05) is 6.07 Å². The molecule has 24 heavy (non-hydrogen) atoms. The molecule has 0 aliphatic carbocycles. The Labute approximate surface area is 143 Å². The van der Waals surface area contributed by atoms with Crippen LogP contribution in [0.1, 0.15) is 18.9 Å². The van der Waals surface area contributed by atoms with Crippen molar-refractivity contribution in [2.45, 2.75) is 25.5 Å². The molecule has 132 valence electrons. The van der Waals surface area contributed by atoms with Crippen LogP contribution in [0.25, 0.3) is 0 Å². The van der Waals surface area contributed by atoms with Gasteiger partial charge in [0.2, 0.25) is 5.91 Å². The summed E-state index contributed by atoms with van der Waals surface area (Å²) in [6.07, 6.45) is 3.99. The summed E-state index contributed by atoms with van der Waals surface area (Å²) < 4.78 is 5.58. The molecule has 1 aromatic rings. The normalized spacial score (nSPS) is 20.9. The molecule has 0 unspecified atom stereocenters. The number of carbonyl (C=O) groups excluding carboxylic acids is 2. The highest BCUT2D eigenvalue weighted by Gasteiger charge is 2.39. The Bertz CT molecular complexity index is 566. The van der Waals surface area contributed by atoms with E-state index in [0.717, 1.165) is 12.1 Å². The number of morpholine rings is 1. The van der Waals surface area contributed by atoms with Gasteiger partial charge in [0.15, 0.2) is 5.60 Å². The number of nitrogens with zero attached hydrogens (tertiary/aromatic N) is 3. The lowest BCUT2D eigenvalue weighted by atomic mass is 10.0. The van der Waals surface area contributed by atoms with Gasteiger partial charge in [-0.25, -0.2) is 0 Å². The van der Waals surface area contributed by atoms with Crippen molar-refractivity contribution in [3.63, 3.8) is 0 Å². The maximum absolute atomic E-state index is 12.5. The molecule has 0 saturated carbocycles. The summed E-state index contributed by atoms with van der Waals surface area (Å²) in [6, 6.07) is 3.92. The van der Waals surface area contributed by atoms with E-state index < -0.39 is 5.60 Å². The van der Waals surface area contributed by atoms with E-state index in [1.807, 2.05) is 25.4 Å². The minimum absolute atomic E-state index is 0.0477. The second kappa shape index (κ2) is 8.21. The van der Waals surface area contributed by atoms with Crippen molar-refractivity contribution in [3.05, 3.63) is 30.1 Å². The second-order valence-corrected chi connectivity index (χ2v) is 6.32. The lowest BCUT2D eigenvalue weighted by Gasteiger charge is -2.39. The van der Waals surface area contributed by atoms with E-state index in [1.54, 1.807) is 25.1 Å². The summed E-state index contributed by atoms with van der Waals surface area (Å²) in [5.74, 6) is -0.153. The fourth-order valence-corrected chi connectivity index (χ4v) is 2.81. The van der Waals surface area contributed by atoms with Crippen molar-refractivity contribution in [1.82, 2.24) is 20.1 Å². The molecule has 1 N–H and O–H groups in total. The molecule has 1 aromatic heterocycles. The Hall–Kier alpha value is -1.99. The lowest BCUT2D eigenvalue weighted by Crippen LogP contribution is -2.59. The average Bonchev–Trinajstić information content (AvgIpc) is 2.59. The van der Waals surface area contributed by atoms with Crippen molar-refractivity contribution >= 4 is 11.8 Å². The third-order valence-electron chi connectivity index (χ3n) is 4.22. The number of hydrogen-bond acceptors (Lipinski definition) is 5. The number of amides is 2. The number of carbonyl (C=O) groups is 2. The van der Waals surface area contributed by atoms with Crippen LogP contribution in [0.4, 0.5) is 0 Å². The second-order valence-electron chi connectivity index (χ2n) is 6.32. The summed E-state index contributed by atoms with van der Waals surface area (Å²) >= 11 is 0. The van der Waals surface area contributed by atoms with Crippen LogP contribution in [0.5, 0.6) is 0 Å². The molecular formula is C17H26N4O3. The monoisotopic (exact) mass is 334 g/mol. The SMILES string of the molecule is CNC(=O)[C@]1(C)CN(C(=O)CCN(C)Cc2cccnc2)CCO1. The van der Waals surface area contributed by atoms with Crippen molar-refractivity contribution < 1.29 is 14.3 Å². The van der Waals surface area contributed by atoms with Crippen molar-refractivity contribution in [3.8, 4) is 0 Å². The van der Waals surface area contributed by atoms with Gasteiger partial charge in [0.1, 0.15) is 0 Å². The average molecular weight is 334 g/mol. The van der Waals surface area contributed by atoms with Gasteiger partial charge in [-0.05, 0) is 25.6 Å². The predicted molar refractivity (Wildman–Crippen MR) is 90.2 cm³/mol. The first-order valence-electron chi connectivity index (χ1n) is 8.16. The van der Waals surface area contributed by atoms with Crippen LogP contribution in [-0.2, 0) is 20.9 Å². The number of likely N-dealkylation sites (N-methyl/N-ethyl adjacent to an activating group) is 1. The Kier molecular flexibility index (Phi) is 6.28. The van der Waals surface area contributed by atoms with Gasteiger partial charge in [0.05, 0.1) is 13.2 Å². The molecule has 0 spiro atoms. The van der Waals surface area contributed by atoms with E-state index in [2.05, 4.69) is 15.2 Å². The molecule has 1 saturated heterocycles. The molecule has 1 fully saturated rings. The van der Waals surface area contributed by atoms with E-state index in [1.165, 1.54) is 0 Å². The Balaban J connectivity index is 1.82. The zero-order valence-corrected chi connectivity index (χ0v) is 14.6. The molecule has 0 aromatic carbocycles. The van der Waals surface area contributed by atoms with Gasteiger partial charge in [-0.3, -0.25) is 14.6 Å². The molecule has 1 aliphatic rings. The quantitative estimate of drug-likeness (QED) is 0.808. The highest BCUT2D eigenvalue weighted by atomic mass is 16.5. The van der Waals surface area contributed by atoms with Crippen LogP contribution >= 0.6 is 0 Å². The summed E-state index contributed by atoms with van der Waals surface area (Å²) in [5.41, 5.74) is 0.149. The van der Waals surface area contributed by atoms with Crippen LogP contribution in [-0.4, -0.2) is 72.5 Å². The zero-order chi connectivity index (χ0) is 17.6. The third kappa shape index (κ3) is 4.75. The zero-order valence-electron chi connectivity index (χ0n) is 14.6. The molecule has 1 atom stereocenters. The highest BCUT2D eigenvalue weighted by Crippen LogP contribution is 2.18. The third-order valence-corrected chi connectivity index (χ3v) is 4.22. The van der Waals surface area contributed by atoms with Crippen molar-refractivity contribution in [2.75, 3.05) is 40.3 Å². The molecule has 1 aliphatic heterocycles. The number of pyridine rings is 1. The molecule has 0 bridgehead atoms. The van der Waals surface area contributed by atoms with E-state index >= 15 is 0 Å². The summed E-state index contributed by atoms with van der Waals surface area (Å²) in [5, 5.41) is 2.60. The lowest BCUT2D eigenvalue weighted by molar-refractivity contribution is -0.162. The minimum Gasteiger partial charge on any atom is -0.362 e. The van der Waals surface area contributed by atoms with Crippen LogP contribution in [0.3, 0.4) is 0 Å². The van der Waals surface area contributed by atoms with Gasteiger partial charge in [-0.2, -0.15) is 0 Å². The molecule has 7 nitrogen and oxygen atoms in total. The summed E-state index contributed by atoms with van der Waals surface area (Å²) in [7, 11) is 3.55. The van der Waals surface area contributed by atoms with E-state index in [0.29, 0.717) is 26.1 Å². The first-order valence-corrected chi connectivity index (χ1v) is 8.16. The summed E-state index contributed by atoms with van der Waals surface area (Å²) in [4.78, 5) is 32.3. The minimum atomic E-state index is -0.968. The Morgan fingerprint density at radius 1 is 1.50 bits per heavy atom. The van der Waals surface area contributed by atoms with Crippen LogP contribution in [0.15, 0.2) is 24.5 Å². The van der Waals surface area contributed by atoms with Gasteiger partial charge >= 0.3 is 0 Å². The Morgan fingerprint density at radius 2 is 2.29 bits per heavy atom. The topological polar surface area (TPSA) is 74.8 Å². The number of rotatable bonds is 6. The van der Waals surface area contributed by atoms with Crippen LogP contribution in [0, 0.1) is 0 Å². The van der Waals surface area contributed by atoms with Crippen LogP contribution < -0.4 is 5.32 Å². The fourth-order valence-electron chi connectivity index (χ4n) is 2.81. The first kappa shape index (κ1) is 18.4. The molecular weight excluding hydrogens is 308 g/mol. The standard InChI is InChI=1S/C17H26N4O3/c1-17(16(23)18-2)13-21(9-10-24-17)15(22)6-8-20(3)12-14-5-4-7-19-11-14/h4-5,7,11H,6,8-10,12-13H2,1-3H3,(H,18,23)/t17-/m0/s1. The van der Waals surface area contributed by atoms with E-state index in [4.69, 9.17) is 4.74 Å². The van der Waals surface area contributed by atoms with Gasteiger partial charge in [0.25, 0.3) is 5.91 Å². The van der Waals surface area contributed by atoms with Crippen LogP contribution in [0.2, 0.25) is 0 Å². The molecule has 2 amide bonds. The first-order chi connectivity index (χ1) is 11.4.